The van der Waals surface area contributed by atoms with E-state index in [9.17, 15) is 4.79 Å². The molecule has 19 heavy (non-hydrogen) atoms. The van der Waals surface area contributed by atoms with Gasteiger partial charge in [0.15, 0.2) is 0 Å². The van der Waals surface area contributed by atoms with Crippen molar-refractivity contribution in [3.63, 3.8) is 0 Å². The first-order valence-electron chi connectivity index (χ1n) is 6.98. The molecule has 0 radical (unpaired) electrons. The van der Waals surface area contributed by atoms with E-state index in [4.69, 9.17) is 0 Å². The van der Waals surface area contributed by atoms with Gasteiger partial charge < -0.3 is 10.6 Å². The zero-order valence-electron chi connectivity index (χ0n) is 11.4. The number of hydrogen-bond acceptors (Lipinski definition) is 2. The maximum Gasteiger partial charge on any atom is 0.315 e. The average Bonchev–Trinajstić information content (AvgIpc) is 2.85. The molecular weight excluding hydrogens is 256 g/mol. The fourth-order valence-corrected chi connectivity index (χ4v) is 3.62. The van der Waals surface area contributed by atoms with E-state index in [-0.39, 0.29) is 6.03 Å². The molecule has 0 aliphatic heterocycles. The van der Waals surface area contributed by atoms with Crippen molar-refractivity contribution in [3.05, 3.63) is 35.9 Å². The fraction of sp³-hybridized carbons (Fsp3) is 0.533. The first-order valence-corrected chi connectivity index (χ1v) is 8.02. The molecule has 2 atom stereocenters. The quantitative estimate of drug-likeness (QED) is 0.868. The number of rotatable bonds is 5. The van der Waals surface area contributed by atoms with Gasteiger partial charge in [-0.05, 0) is 30.6 Å². The van der Waals surface area contributed by atoms with Crippen LogP contribution in [0.5, 0.6) is 0 Å². The Kier molecular flexibility index (Phi) is 5.58. The van der Waals surface area contributed by atoms with Crippen LogP contribution >= 0.6 is 11.8 Å². The number of thioether (sulfide) groups is 1. The molecule has 0 saturated heterocycles. The van der Waals surface area contributed by atoms with Crippen LogP contribution in [0.2, 0.25) is 0 Å². The second kappa shape index (κ2) is 7.43. The Bertz CT molecular complexity index is 396. The van der Waals surface area contributed by atoms with Crippen LogP contribution in [-0.2, 0) is 6.54 Å². The molecule has 1 aliphatic rings. The van der Waals surface area contributed by atoms with Gasteiger partial charge in [0.05, 0.1) is 0 Å². The van der Waals surface area contributed by atoms with Crippen molar-refractivity contribution in [1.82, 2.24) is 10.6 Å². The highest BCUT2D eigenvalue weighted by Crippen LogP contribution is 2.29. The Morgan fingerprint density at radius 3 is 2.84 bits per heavy atom. The van der Waals surface area contributed by atoms with Crippen molar-refractivity contribution in [2.45, 2.75) is 44.0 Å². The van der Waals surface area contributed by atoms with Gasteiger partial charge >= 0.3 is 6.03 Å². The van der Waals surface area contributed by atoms with E-state index >= 15 is 0 Å². The molecule has 1 aromatic rings. The predicted molar refractivity (Wildman–Crippen MR) is 81.4 cm³/mol. The van der Waals surface area contributed by atoms with Crippen LogP contribution in [0.3, 0.4) is 0 Å². The smallest absolute Gasteiger partial charge is 0.315 e. The van der Waals surface area contributed by atoms with E-state index in [2.05, 4.69) is 17.6 Å². The van der Waals surface area contributed by atoms with Gasteiger partial charge in [-0.15, -0.1) is 0 Å². The van der Waals surface area contributed by atoms with Gasteiger partial charge in [0.1, 0.15) is 0 Å². The number of carbonyl (C=O) groups is 1. The molecule has 1 aliphatic carbocycles. The lowest BCUT2D eigenvalue weighted by Gasteiger charge is -2.14. The fourth-order valence-electron chi connectivity index (χ4n) is 2.47. The summed E-state index contributed by atoms with van der Waals surface area (Å²) in [4.78, 5) is 11.8. The van der Waals surface area contributed by atoms with Crippen LogP contribution in [-0.4, -0.2) is 23.1 Å². The zero-order chi connectivity index (χ0) is 13.5. The maximum absolute atomic E-state index is 11.8. The van der Waals surface area contributed by atoms with Crippen LogP contribution in [0.15, 0.2) is 30.3 Å². The van der Waals surface area contributed by atoms with E-state index < -0.39 is 0 Å². The highest BCUT2D eigenvalue weighted by Gasteiger charge is 2.25. The number of hydrogen-bond donors (Lipinski definition) is 2. The third-order valence-electron chi connectivity index (χ3n) is 3.42. The lowest BCUT2D eigenvalue weighted by molar-refractivity contribution is 0.236. The second-order valence-corrected chi connectivity index (χ2v) is 6.48. The van der Waals surface area contributed by atoms with Crippen LogP contribution in [0.4, 0.5) is 4.79 Å². The molecule has 0 heterocycles. The minimum absolute atomic E-state index is 0.0454. The molecule has 3 nitrogen and oxygen atoms in total. The normalized spacial score (nSPS) is 22.2. The minimum atomic E-state index is -0.0454. The zero-order valence-corrected chi connectivity index (χ0v) is 12.2. The Morgan fingerprint density at radius 1 is 1.32 bits per heavy atom. The molecule has 4 heteroatoms. The summed E-state index contributed by atoms with van der Waals surface area (Å²) in [5.41, 5.74) is 1.13. The van der Waals surface area contributed by atoms with Crippen LogP contribution in [0.1, 0.15) is 31.7 Å². The second-order valence-electron chi connectivity index (χ2n) is 4.90. The van der Waals surface area contributed by atoms with Gasteiger partial charge in [-0.25, -0.2) is 4.79 Å². The highest BCUT2D eigenvalue weighted by atomic mass is 32.2. The van der Waals surface area contributed by atoms with Crippen LogP contribution in [0.25, 0.3) is 0 Å². The lowest BCUT2D eigenvalue weighted by Crippen LogP contribution is -2.40. The lowest BCUT2D eigenvalue weighted by atomic mass is 10.2. The molecule has 1 fully saturated rings. The highest BCUT2D eigenvalue weighted by molar-refractivity contribution is 7.99. The molecule has 0 aromatic heterocycles. The van der Waals surface area contributed by atoms with E-state index in [1.807, 2.05) is 42.1 Å². The van der Waals surface area contributed by atoms with Crippen molar-refractivity contribution in [2.75, 3.05) is 5.75 Å². The third-order valence-corrected chi connectivity index (χ3v) is 4.65. The summed E-state index contributed by atoms with van der Waals surface area (Å²) in [6.45, 7) is 2.78. The summed E-state index contributed by atoms with van der Waals surface area (Å²) in [7, 11) is 0. The van der Waals surface area contributed by atoms with Gasteiger partial charge in [-0.2, -0.15) is 11.8 Å². The molecule has 104 valence electrons. The molecule has 2 unspecified atom stereocenters. The summed E-state index contributed by atoms with van der Waals surface area (Å²) in [5, 5.41) is 6.72. The molecule has 2 rings (SSSR count). The van der Waals surface area contributed by atoms with Gasteiger partial charge in [0.25, 0.3) is 0 Å². The number of benzene rings is 1. The Balaban J connectivity index is 1.68. The molecule has 1 aromatic carbocycles. The number of nitrogens with one attached hydrogen (secondary N) is 2. The largest absolute Gasteiger partial charge is 0.335 e. The molecular formula is C15H22N2OS. The standard InChI is InChI=1S/C15H22N2OS/c1-2-19-14-9-8-13(10-14)17-15(18)16-11-12-6-4-3-5-7-12/h3-7,13-14H,2,8-11H2,1H3,(H2,16,17,18). The predicted octanol–water partition coefficient (Wildman–Crippen LogP) is 3.16. The monoisotopic (exact) mass is 278 g/mol. The van der Waals surface area contributed by atoms with Gasteiger partial charge in [-0.3, -0.25) is 0 Å². The van der Waals surface area contributed by atoms with Crippen LogP contribution in [0, 0.1) is 0 Å². The van der Waals surface area contributed by atoms with Crippen LogP contribution < -0.4 is 10.6 Å². The average molecular weight is 278 g/mol. The van der Waals surface area contributed by atoms with Gasteiger partial charge in [-0.1, -0.05) is 37.3 Å². The maximum atomic E-state index is 11.8. The van der Waals surface area contributed by atoms with Crippen molar-refractivity contribution < 1.29 is 4.79 Å². The number of amides is 2. The van der Waals surface area contributed by atoms with E-state index in [1.165, 1.54) is 6.42 Å². The summed E-state index contributed by atoms with van der Waals surface area (Å²) in [6.07, 6.45) is 3.44. The molecule has 1 saturated carbocycles. The Hall–Kier alpha value is -1.16. The van der Waals surface area contributed by atoms with Crippen molar-refractivity contribution in [1.29, 1.82) is 0 Å². The van der Waals surface area contributed by atoms with E-state index in [0.717, 1.165) is 29.4 Å². The van der Waals surface area contributed by atoms with Crippen molar-refractivity contribution in [2.24, 2.45) is 0 Å². The first kappa shape index (κ1) is 14.3. The topological polar surface area (TPSA) is 41.1 Å². The number of urea groups is 1. The summed E-state index contributed by atoms with van der Waals surface area (Å²) in [5.74, 6) is 1.16. The minimum Gasteiger partial charge on any atom is -0.335 e. The molecule has 2 N–H and O–H groups in total. The third kappa shape index (κ3) is 4.78. The summed E-state index contributed by atoms with van der Waals surface area (Å²) >= 11 is 2.01. The van der Waals surface area contributed by atoms with E-state index in [1.54, 1.807) is 0 Å². The van der Waals surface area contributed by atoms with Gasteiger partial charge in [0, 0.05) is 17.8 Å². The molecule has 0 bridgehead atoms. The SMILES string of the molecule is CCSC1CCC(NC(=O)NCc2ccccc2)C1. The number of carbonyl (C=O) groups excluding carboxylic acids is 1. The summed E-state index contributed by atoms with van der Waals surface area (Å²) in [6, 6.07) is 10.3. The van der Waals surface area contributed by atoms with Crippen molar-refractivity contribution in [3.8, 4) is 0 Å². The van der Waals surface area contributed by atoms with Crippen molar-refractivity contribution >= 4 is 17.8 Å². The van der Waals surface area contributed by atoms with E-state index in [0.29, 0.717) is 12.6 Å². The summed E-state index contributed by atoms with van der Waals surface area (Å²) < 4.78 is 0. The first-order chi connectivity index (χ1) is 9.28. The molecule has 0 spiro atoms. The Labute approximate surface area is 119 Å². The van der Waals surface area contributed by atoms with Gasteiger partial charge in [0.2, 0.25) is 0 Å². The molecule has 2 amide bonds. The Morgan fingerprint density at radius 2 is 2.11 bits per heavy atom.